The van der Waals surface area contributed by atoms with Gasteiger partial charge in [0, 0.05) is 11.0 Å². The molecule has 0 bridgehead atoms. The van der Waals surface area contributed by atoms with E-state index < -0.39 is 0 Å². The lowest BCUT2D eigenvalue weighted by molar-refractivity contribution is 0.414. The molecule has 0 saturated heterocycles. The van der Waals surface area contributed by atoms with Crippen LogP contribution in [0, 0.1) is 0 Å². The van der Waals surface area contributed by atoms with Crippen LogP contribution in [0.1, 0.15) is 5.56 Å². The summed E-state index contributed by atoms with van der Waals surface area (Å²) in [5.41, 5.74) is 6.29. The largest absolute Gasteiger partial charge is 0.497 e. The van der Waals surface area contributed by atoms with Crippen LogP contribution in [-0.4, -0.2) is 29.1 Å². The van der Waals surface area contributed by atoms with Crippen molar-refractivity contribution >= 4 is 17.5 Å². The fourth-order valence-electron chi connectivity index (χ4n) is 2.61. The van der Waals surface area contributed by atoms with Crippen molar-refractivity contribution in [3.63, 3.8) is 0 Å². The highest BCUT2D eigenvalue weighted by Gasteiger charge is 2.21. The molecule has 1 aromatic heterocycles. The van der Waals surface area contributed by atoms with E-state index in [9.17, 15) is 0 Å². The molecular formula is C18H16N4O2S. The van der Waals surface area contributed by atoms with Crippen LogP contribution < -0.4 is 14.9 Å². The Hall–Kier alpha value is -2.93. The van der Waals surface area contributed by atoms with Crippen LogP contribution in [0.25, 0.3) is 17.1 Å². The Morgan fingerprint density at radius 2 is 1.76 bits per heavy atom. The van der Waals surface area contributed by atoms with Crippen molar-refractivity contribution in [3.8, 4) is 22.9 Å². The number of nitrogens with zero attached hydrogens (tertiary/aromatic N) is 3. The molecule has 0 amide bonds. The summed E-state index contributed by atoms with van der Waals surface area (Å²) in [5, 5.41) is 11.4. The van der Waals surface area contributed by atoms with Crippen LogP contribution in [0.4, 0.5) is 0 Å². The molecule has 0 radical (unpaired) electrons. The Kier molecular flexibility index (Phi) is 4.07. The Labute approximate surface area is 149 Å². The molecule has 0 saturated carbocycles. The zero-order chi connectivity index (χ0) is 17.2. The van der Waals surface area contributed by atoms with E-state index >= 15 is 0 Å². The predicted molar refractivity (Wildman–Crippen MR) is 98.2 cm³/mol. The summed E-state index contributed by atoms with van der Waals surface area (Å²) in [6.07, 6.45) is 0. The van der Waals surface area contributed by atoms with Gasteiger partial charge in [0.25, 0.3) is 0 Å². The van der Waals surface area contributed by atoms with E-state index in [1.165, 1.54) is 11.8 Å². The van der Waals surface area contributed by atoms with Crippen LogP contribution in [0.2, 0.25) is 0 Å². The molecule has 3 aromatic rings. The highest BCUT2D eigenvalue weighted by atomic mass is 32.2. The Balaban J connectivity index is 1.69. The Morgan fingerprint density at radius 3 is 2.52 bits per heavy atom. The number of hydrogen-bond donors (Lipinski definition) is 1. The molecule has 2 heterocycles. The molecule has 4 rings (SSSR count). The highest BCUT2D eigenvalue weighted by Crippen LogP contribution is 2.34. The molecule has 0 spiro atoms. The first kappa shape index (κ1) is 15.6. The minimum atomic E-state index is 0.707. The number of benzene rings is 2. The molecule has 0 unspecified atom stereocenters. The number of hydrogen-bond acceptors (Lipinski definition) is 6. The van der Waals surface area contributed by atoms with Crippen molar-refractivity contribution in [1.82, 2.24) is 14.9 Å². The van der Waals surface area contributed by atoms with E-state index in [1.54, 1.807) is 14.2 Å². The lowest BCUT2D eigenvalue weighted by Gasteiger charge is -2.19. The average molecular weight is 352 g/mol. The monoisotopic (exact) mass is 352 g/mol. The molecule has 25 heavy (non-hydrogen) atoms. The second-order valence-electron chi connectivity index (χ2n) is 5.33. The van der Waals surface area contributed by atoms with Gasteiger partial charge in [0.15, 0.2) is 5.82 Å². The lowest BCUT2D eigenvalue weighted by atomic mass is 10.1. The number of methoxy groups -OCH3 is 2. The van der Waals surface area contributed by atoms with Crippen molar-refractivity contribution in [2.45, 2.75) is 5.16 Å². The van der Waals surface area contributed by atoms with Gasteiger partial charge in [-0.2, -0.15) is 0 Å². The average Bonchev–Trinajstić information content (AvgIpc) is 3.11. The van der Waals surface area contributed by atoms with Crippen molar-refractivity contribution in [2.75, 3.05) is 19.6 Å². The summed E-state index contributed by atoms with van der Waals surface area (Å²) in [5.74, 6) is 2.29. The smallest absolute Gasteiger partial charge is 0.214 e. The molecule has 0 fully saturated rings. The standard InChI is InChI=1S/C18H16N4O2S/c1-23-13-9-7-12(8-10-13)15-11-25-18-20-19-17(22(18)21-15)14-5-3-4-6-16(14)24-2/h3-11,21H,1-2H3. The van der Waals surface area contributed by atoms with Gasteiger partial charge >= 0.3 is 0 Å². The number of thioether (sulfide) groups is 1. The molecule has 6 nitrogen and oxygen atoms in total. The maximum Gasteiger partial charge on any atom is 0.214 e. The van der Waals surface area contributed by atoms with Crippen molar-refractivity contribution in [3.05, 3.63) is 59.5 Å². The quantitative estimate of drug-likeness (QED) is 0.774. The molecular weight excluding hydrogens is 336 g/mol. The third-order valence-electron chi connectivity index (χ3n) is 3.90. The minimum Gasteiger partial charge on any atom is -0.497 e. The third kappa shape index (κ3) is 2.83. The molecule has 1 N–H and O–H groups in total. The first-order valence-corrected chi connectivity index (χ1v) is 8.55. The van der Waals surface area contributed by atoms with Crippen LogP contribution >= 0.6 is 11.8 Å². The van der Waals surface area contributed by atoms with Gasteiger partial charge in [0.1, 0.15) is 11.5 Å². The number of nitrogens with one attached hydrogen (secondary N) is 1. The van der Waals surface area contributed by atoms with E-state index in [0.717, 1.165) is 33.5 Å². The van der Waals surface area contributed by atoms with Gasteiger partial charge in [-0.3, -0.25) is 5.43 Å². The van der Waals surface area contributed by atoms with Gasteiger partial charge in [-0.25, -0.2) is 4.68 Å². The van der Waals surface area contributed by atoms with Crippen molar-refractivity contribution in [1.29, 1.82) is 0 Å². The van der Waals surface area contributed by atoms with Gasteiger partial charge in [-0.15, -0.1) is 10.2 Å². The predicted octanol–water partition coefficient (Wildman–Crippen LogP) is 3.61. The summed E-state index contributed by atoms with van der Waals surface area (Å²) >= 11 is 1.52. The number of ether oxygens (including phenoxy) is 2. The molecule has 126 valence electrons. The van der Waals surface area contributed by atoms with Crippen LogP contribution in [0.15, 0.2) is 59.1 Å². The first-order valence-electron chi connectivity index (χ1n) is 7.67. The number of rotatable bonds is 4. The molecule has 7 heteroatoms. The van der Waals surface area contributed by atoms with Gasteiger partial charge in [-0.05, 0) is 36.4 Å². The minimum absolute atomic E-state index is 0.707. The summed E-state index contributed by atoms with van der Waals surface area (Å²) in [6.45, 7) is 0. The van der Waals surface area contributed by atoms with E-state index in [-0.39, 0.29) is 0 Å². The van der Waals surface area contributed by atoms with Crippen LogP contribution in [0.3, 0.4) is 0 Å². The topological polar surface area (TPSA) is 61.2 Å². The molecule has 1 aliphatic heterocycles. The number of fused-ring (bicyclic) bond motifs is 1. The van der Waals surface area contributed by atoms with Gasteiger partial charge < -0.3 is 9.47 Å². The molecule has 0 atom stereocenters. The van der Waals surface area contributed by atoms with E-state index in [0.29, 0.717) is 5.82 Å². The highest BCUT2D eigenvalue weighted by molar-refractivity contribution is 8.02. The van der Waals surface area contributed by atoms with Gasteiger partial charge in [-0.1, -0.05) is 23.9 Å². The number of aromatic nitrogens is 3. The molecule has 1 aliphatic rings. The van der Waals surface area contributed by atoms with Gasteiger partial charge in [0.2, 0.25) is 5.16 Å². The fourth-order valence-corrected chi connectivity index (χ4v) is 3.35. The summed E-state index contributed by atoms with van der Waals surface area (Å²) in [6, 6.07) is 15.7. The van der Waals surface area contributed by atoms with Gasteiger partial charge in [0.05, 0.1) is 25.5 Å². The SMILES string of the molecule is COc1ccc(C2=CSc3nnc(-c4ccccc4OC)n3N2)cc1. The molecule has 2 aromatic carbocycles. The Bertz CT molecular complexity index is 935. The second-order valence-corrected chi connectivity index (χ2v) is 6.17. The van der Waals surface area contributed by atoms with E-state index in [2.05, 4.69) is 15.6 Å². The molecule has 0 aliphatic carbocycles. The van der Waals surface area contributed by atoms with Crippen LogP contribution in [0.5, 0.6) is 11.5 Å². The fraction of sp³-hybridized carbons (Fsp3) is 0.111. The number of para-hydroxylation sites is 1. The zero-order valence-electron chi connectivity index (χ0n) is 13.8. The maximum atomic E-state index is 5.45. The van der Waals surface area contributed by atoms with Crippen LogP contribution in [-0.2, 0) is 0 Å². The maximum absolute atomic E-state index is 5.45. The second kappa shape index (κ2) is 6.52. The van der Waals surface area contributed by atoms with E-state index in [1.807, 2.05) is 58.6 Å². The van der Waals surface area contributed by atoms with E-state index in [4.69, 9.17) is 9.47 Å². The normalized spacial score (nSPS) is 12.8. The lowest BCUT2D eigenvalue weighted by Crippen LogP contribution is -2.18. The first-order chi connectivity index (χ1) is 12.3. The Morgan fingerprint density at radius 1 is 0.960 bits per heavy atom. The summed E-state index contributed by atoms with van der Waals surface area (Å²) in [4.78, 5) is 0. The zero-order valence-corrected chi connectivity index (χ0v) is 14.6. The third-order valence-corrected chi connectivity index (χ3v) is 4.73. The summed E-state index contributed by atoms with van der Waals surface area (Å²) < 4.78 is 12.5. The van der Waals surface area contributed by atoms with Crippen molar-refractivity contribution < 1.29 is 9.47 Å². The summed E-state index contributed by atoms with van der Waals surface area (Å²) in [7, 11) is 3.31. The van der Waals surface area contributed by atoms with Crippen molar-refractivity contribution in [2.24, 2.45) is 0 Å².